The largest absolute Gasteiger partial charge is 0.575 e. The average molecular weight is 214 g/mol. The smallest absolute Gasteiger partial charge is 0.511 e. The number of rotatable bonds is 3. The Balaban J connectivity index is 2.82. The number of nitrogens with one attached hydrogen (secondary N) is 1. The standard InChI is InChI=1S/C7H9BNO6/c1-9-4(10)2-7(6(12)13)3-5(11)14-8-15-7/h2-3H2,1H3,(H,9,10)(H,12,13). The van der Waals surface area contributed by atoms with Crippen LogP contribution in [0.25, 0.3) is 0 Å². The number of carbonyl (C=O) groups is 3. The van der Waals surface area contributed by atoms with Crippen LogP contribution >= 0.6 is 0 Å². The summed E-state index contributed by atoms with van der Waals surface area (Å²) in [5, 5.41) is 11.2. The Labute approximate surface area is 86.0 Å². The predicted molar refractivity (Wildman–Crippen MR) is 46.6 cm³/mol. The number of hydrogen-bond acceptors (Lipinski definition) is 5. The Hall–Kier alpha value is -1.57. The maximum atomic E-state index is 11.1. The molecule has 1 saturated heterocycles. The molecule has 8 heteroatoms. The minimum absolute atomic E-state index is 0.440. The van der Waals surface area contributed by atoms with E-state index in [1.165, 1.54) is 7.05 Å². The molecule has 0 saturated carbocycles. The van der Waals surface area contributed by atoms with Gasteiger partial charge in [0.1, 0.15) is 0 Å². The Morgan fingerprint density at radius 1 is 1.67 bits per heavy atom. The maximum Gasteiger partial charge on any atom is 0.575 e. The van der Waals surface area contributed by atoms with E-state index in [9.17, 15) is 14.4 Å². The normalized spacial score (nSPS) is 25.0. The first-order valence-electron chi connectivity index (χ1n) is 4.13. The SMILES string of the molecule is CNC(=O)CC1(C(=O)O)CC(=O)O[B]O1. The highest BCUT2D eigenvalue weighted by molar-refractivity contribution is 6.25. The van der Waals surface area contributed by atoms with Crippen LogP contribution in [0.4, 0.5) is 0 Å². The molecule has 15 heavy (non-hydrogen) atoms. The Bertz CT molecular complexity index is 306. The summed E-state index contributed by atoms with van der Waals surface area (Å²) in [6, 6.07) is 0. The molecule has 7 nitrogen and oxygen atoms in total. The quantitative estimate of drug-likeness (QED) is 0.551. The third-order valence-corrected chi connectivity index (χ3v) is 2.00. The molecule has 1 fully saturated rings. The highest BCUT2D eigenvalue weighted by Gasteiger charge is 2.47. The number of carboxylic acid groups (broad SMARTS) is 1. The van der Waals surface area contributed by atoms with Crippen molar-refractivity contribution in [3.8, 4) is 0 Å². The van der Waals surface area contributed by atoms with Gasteiger partial charge >= 0.3 is 13.7 Å². The fourth-order valence-electron chi connectivity index (χ4n) is 1.14. The summed E-state index contributed by atoms with van der Waals surface area (Å²) in [6.07, 6.45) is -0.934. The lowest BCUT2D eigenvalue weighted by molar-refractivity contribution is -0.170. The molecule has 1 heterocycles. The van der Waals surface area contributed by atoms with E-state index in [0.29, 0.717) is 7.69 Å². The summed E-state index contributed by atoms with van der Waals surface area (Å²) in [5.74, 6) is -2.65. The minimum atomic E-state index is -1.85. The Morgan fingerprint density at radius 3 is 2.80 bits per heavy atom. The van der Waals surface area contributed by atoms with Crippen LogP contribution in [0.2, 0.25) is 0 Å². The van der Waals surface area contributed by atoms with Crippen LogP contribution in [0, 0.1) is 0 Å². The van der Waals surface area contributed by atoms with Gasteiger partial charge in [-0.25, -0.2) is 4.79 Å². The summed E-state index contributed by atoms with van der Waals surface area (Å²) in [4.78, 5) is 32.9. The van der Waals surface area contributed by atoms with Gasteiger partial charge in [-0.15, -0.1) is 0 Å². The molecule has 2 N–H and O–H groups in total. The highest BCUT2D eigenvalue weighted by atomic mass is 16.6. The van der Waals surface area contributed by atoms with E-state index >= 15 is 0 Å². The van der Waals surface area contributed by atoms with Crippen molar-refractivity contribution in [2.24, 2.45) is 0 Å². The molecule has 1 amide bonds. The van der Waals surface area contributed by atoms with Crippen molar-refractivity contribution in [3.63, 3.8) is 0 Å². The minimum Gasteiger partial charge on any atom is -0.511 e. The lowest BCUT2D eigenvalue weighted by Crippen LogP contribution is -2.51. The zero-order valence-corrected chi connectivity index (χ0v) is 7.98. The van der Waals surface area contributed by atoms with Gasteiger partial charge in [-0.2, -0.15) is 0 Å². The van der Waals surface area contributed by atoms with Crippen molar-refractivity contribution in [3.05, 3.63) is 0 Å². The molecule has 1 atom stereocenters. The van der Waals surface area contributed by atoms with Gasteiger partial charge in [0.05, 0.1) is 12.8 Å². The van der Waals surface area contributed by atoms with Crippen LogP contribution in [0.3, 0.4) is 0 Å². The number of hydrogen-bond donors (Lipinski definition) is 2. The lowest BCUT2D eigenvalue weighted by Gasteiger charge is -2.30. The molecule has 0 aromatic carbocycles. The molecular formula is C7H9BNO6. The molecule has 1 aliphatic rings. The molecule has 1 radical (unpaired) electrons. The third kappa shape index (κ3) is 2.47. The number of amides is 1. The van der Waals surface area contributed by atoms with Gasteiger partial charge in [-0.1, -0.05) is 0 Å². The molecule has 0 spiro atoms. The predicted octanol–water partition coefficient (Wildman–Crippen LogP) is -1.56. The number of aliphatic carboxylic acids is 1. The average Bonchev–Trinajstić information content (AvgIpc) is 2.17. The van der Waals surface area contributed by atoms with Gasteiger partial charge in [0, 0.05) is 7.05 Å². The van der Waals surface area contributed by atoms with E-state index < -0.39 is 36.3 Å². The zero-order chi connectivity index (χ0) is 11.5. The van der Waals surface area contributed by atoms with Crippen molar-refractivity contribution in [1.82, 2.24) is 5.32 Å². The first kappa shape index (κ1) is 11.5. The van der Waals surface area contributed by atoms with Crippen LogP contribution < -0.4 is 5.32 Å². The molecule has 1 aliphatic heterocycles. The zero-order valence-electron chi connectivity index (χ0n) is 7.98. The highest BCUT2D eigenvalue weighted by Crippen LogP contribution is 2.25. The fourth-order valence-corrected chi connectivity index (χ4v) is 1.14. The van der Waals surface area contributed by atoms with Crippen molar-refractivity contribution in [1.29, 1.82) is 0 Å². The van der Waals surface area contributed by atoms with E-state index in [4.69, 9.17) is 9.76 Å². The van der Waals surface area contributed by atoms with Crippen LogP contribution in [-0.2, 0) is 23.7 Å². The molecule has 0 bridgehead atoms. The van der Waals surface area contributed by atoms with Crippen molar-refractivity contribution in [2.45, 2.75) is 18.4 Å². The van der Waals surface area contributed by atoms with E-state index in [1.807, 2.05) is 0 Å². The third-order valence-electron chi connectivity index (χ3n) is 2.00. The Kier molecular flexibility index (Phi) is 3.30. The molecule has 81 valence electrons. The summed E-state index contributed by atoms with van der Waals surface area (Å²) >= 11 is 0. The molecule has 0 aliphatic carbocycles. The van der Waals surface area contributed by atoms with Crippen LogP contribution in [0.5, 0.6) is 0 Å². The summed E-state index contributed by atoms with van der Waals surface area (Å²) in [6.45, 7) is 0. The van der Waals surface area contributed by atoms with Crippen LogP contribution in [0.15, 0.2) is 0 Å². The Morgan fingerprint density at radius 2 is 2.33 bits per heavy atom. The summed E-state index contributed by atoms with van der Waals surface area (Å²) in [5.41, 5.74) is -1.85. The van der Waals surface area contributed by atoms with E-state index in [-0.39, 0.29) is 0 Å². The monoisotopic (exact) mass is 214 g/mol. The van der Waals surface area contributed by atoms with E-state index in [2.05, 4.69) is 9.97 Å². The van der Waals surface area contributed by atoms with Crippen molar-refractivity contribution >= 4 is 25.5 Å². The lowest BCUT2D eigenvalue weighted by atomic mass is 9.92. The van der Waals surface area contributed by atoms with Crippen molar-refractivity contribution < 1.29 is 28.8 Å². The van der Waals surface area contributed by atoms with Gasteiger partial charge in [-0.3, -0.25) is 9.59 Å². The molecule has 1 rings (SSSR count). The first-order chi connectivity index (χ1) is 7.00. The molecule has 1 unspecified atom stereocenters. The van der Waals surface area contributed by atoms with E-state index in [1.54, 1.807) is 0 Å². The van der Waals surface area contributed by atoms with Crippen molar-refractivity contribution in [2.75, 3.05) is 7.05 Å². The van der Waals surface area contributed by atoms with Gasteiger partial charge in [0.25, 0.3) is 5.97 Å². The second kappa shape index (κ2) is 4.30. The fraction of sp³-hybridized carbons (Fsp3) is 0.571. The maximum absolute atomic E-state index is 11.1. The second-order valence-corrected chi connectivity index (χ2v) is 3.03. The number of carbonyl (C=O) groups excluding carboxylic acids is 2. The molecule has 0 aromatic rings. The summed E-state index contributed by atoms with van der Waals surface area (Å²) in [7, 11) is 2.01. The van der Waals surface area contributed by atoms with E-state index in [0.717, 1.165) is 0 Å². The topological polar surface area (TPSA) is 102 Å². The molecule has 0 aromatic heterocycles. The van der Waals surface area contributed by atoms with Crippen LogP contribution in [-0.4, -0.2) is 43.3 Å². The van der Waals surface area contributed by atoms with Gasteiger partial charge in [-0.05, 0) is 0 Å². The second-order valence-electron chi connectivity index (χ2n) is 3.03. The van der Waals surface area contributed by atoms with Gasteiger partial charge < -0.3 is 19.7 Å². The first-order valence-corrected chi connectivity index (χ1v) is 4.13. The van der Waals surface area contributed by atoms with Gasteiger partial charge in [0.2, 0.25) is 5.91 Å². The van der Waals surface area contributed by atoms with Gasteiger partial charge in [0.15, 0.2) is 5.60 Å². The van der Waals surface area contributed by atoms with Crippen LogP contribution in [0.1, 0.15) is 12.8 Å². The number of carboxylic acids is 1. The summed E-state index contributed by atoms with van der Waals surface area (Å²) < 4.78 is 9.06. The molecular weight excluding hydrogens is 205 g/mol.